The van der Waals surface area contributed by atoms with Crippen LogP contribution in [0.4, 0.5) is 5.69 Å². The van der Waals surface area contributed by atoms with Crippen LogP contribution in [0.25, 0.3) is 0 Å². The first-order valence-corrected chi connectivity index (χ1v) is 5.32. The number of hydrogen-bond donors (Lipinski definition) is 2. The summed E-state index contributed by atoms with van der Waals surface area (Å²) in [5.74, 6) is -0.461. The van der Waals surface area contributed by atoms with Gasteiger partial charge in [0.05, 0.1) is 11.5 Å². The van der Waals surface area contributed by atoms with Crippen molar-refractivity contribution in [2.45, 2.75) is 6.54 Å². The lowest BCUT2D eigenvalue weighted by molar-refractivity contribution is -0.385. The fourth-order valence-corrected chi connectivity index (χ4v) is 1.57. The van der Waals surface area contributed by atoms with Gasteiger partial charge < -0.3 is 10.3 Å². The molecule has 1 aromatic carbocycles. The number of hydrogen-bond acceptors (Lipinski definition) is 3. The van der Waals surface area contributed by atoms with E-state index in [9.17, 15) is 14.9 Å². The van der Waals surface area contributed by atoms with E-state index < -0.39 is 10.8 Å². The van der Waals surface area contributed by atoms with Crippen molar-refractivity contribution in [1.29, 1.82) is 0 Å². The van der Waals surface area contributed by atoms with E-state index in [-0.39, 0.29) is 11.3 Å². The van der Waals surface area contributed by atoms with Crippen LogP contribution in [-0.4, -0.2) is 15.8 Å². The SMILES string of the molecule is O=C(NCc1ccc[nH]1)c1ccccc1[N+](=O)[O-]. The number of amides is 1. The summed E-state index contributed by atoms with van der Waals surface area (Å²) in [6, 6.07) is 9.49. The van der Waals surface area contributed by atoms with E-state index in [2.05, 4.69) is 10.3 Å². The molecule has 0 saturated carbocycles. The zero-order valence-electron chi connectivity index (χ0n) is 9.42. The number of H-pyrrole nitrogens is 1. The van der Waals surface area contributed by atoms with Gasteiger partial charge in [0.1, 0.15) is 5.56 Å². The smallest absolute Gasteiger partial charge is 0.282 e. The van der Waals surface area contributed by atoms with Gasteiger partial charge in [-0.1, -0.05) is 12.1 Å². The molecule has 2 rings (SSSR count). The summed E-state index contributed by atoms with van der Waals surface area (Å²) in [7, 11) is 0. The van der Waals surface area contributed by atoms with Gasteiger partial charge in [-0.15, -0.1) is 0 Å². The van der Waals surface area contributed by atoms with Crippen LogP contribution in [0.5, 0.6) is 0 Å². The Labute approximate surface area is 103 Å². The van der Waals surface area contributed by atoms with Crippen molar-refractivity contribution in [3.05, 3.63) is 64.0 Å². The van der Waals surface area contributed by atoms with E-state index in [1.165, 1.54) is 18.2 Å². The van der Waals surface area contributed by atoms with E-state index in [1.807, 2.05) is 12.1 Å². The van der Waals surface area contributed by atoms with Gasteiger partial charge in [-0.05, 0) is 18.2 Å². The number of aromatic amines is 1. The predicted molar refractivity (Wildman–Crippen MR) is 65.1 cm³/mol. The van der Waals surface area contributed by atoms with Crippen LogP contribution in [0.1, 0.15) is 16.1 Å². The summed E-state index contributed by atoms with van der Waals surface area (Å²) < 4.78 is 0. The van der Waals surface area contributed by atoms with Gasteiger partial charge >= 0.3 is 0 Å². The summed E-state index contributed by atoms with van der Waals surface area (Å²) in [5, 5.41) is 13.4. The molecule has 2 N–H and O–H groups in total. The Bertz CT molecular complexity index is 564. The monoisotopic (exact) mass is 245 g/mol. The van der Waals surface area contributed by atoms with E-state index in [4.69, 9.17) is 0 Å². The Balaban J connectivity index is 2.11. The molecule has 0 aliphatic carbocycles. The van der Waals surface area contributed by atoms with Crippen LogP contribution >= 0.6 is 0 Å². The Kier molecular flexibility index (Phi) is 3.38. The Morgan fingerprint density at radius 3 is 2.72 bits per heavy atom. The molecule has 92 valence electrons. The number of aromatic nitrogens is 1. The molecule has 0 saturated heterocycles. The molecule has 1 amide bonds. The number of rotatable bonds is 4. The summed E-state index contributed by atoms with van der Waals surface area (Å²) in [6.45, 7) is 0.303. The highest BCUT2D eigenvalue weighted by atomic mass is 16.6. The van der Waals surface area contributed by atoms with Crippen molar-refractivity contribution < 1.29 is 9.72 Å². The predicted octanol–water partition coefficient (Wildman–Crippen LogP) is 1.85. The van der Waals surface area contributed by atoms with Gasteiger partial charge in [0.2, 0.25) is 0 Å². The molecule has 0 atom stereocenters. The molecule has 6 heteroatoms. The molecule has 0 bridgehead atoms. The summed E-state index contributed by atoms with van der Waals surface area (Å²) >= 11 is 0. The highest BCUT2D eigenvalue weighted by Crippen LogP contribution is 2.17. The number of nitro benzene ring substituents is 1. The number of carbonyl (C=O) groups is 1. The summed E-state index contributed by atoms with van der Waals surface area (Å²) in [4.78, 5) is 25.0. The van der Waals surface area contributed by atoms with Gasteiger partial charge in [-0.25, -0.2) is 0 Å². The highest BCUT2D eigenvalue weighted by Gasteiger charge is 2.18. The number of benzene rings is 1. The highest BCUT2D eigenvalue weighted by molar-refractivity contribution is 5.98. The molecule has 6 nitrogen and oxygen atoms in total. The topological polar surface area (TPSA) is 88.0 Å². The second-order valence-electron chi connectivity index (χ2n) is 3.65. The van der Waals surface area contributed by atoms with Crippen molar-refractivity contribution >= 4 is 11.6 Å². The van der Waals surface area contributed by atoms with Crippen LogP contribution in [0.3, 0.4) is 0 Å². The van der Waals surface area contributed by atoms with Crippen molar-refractivity contribution in [3.8, 4) is 0 Å². The molecular weight excluding hydrogens is 234 g/mol. The molecular formula is C12H11N3O3. The number of nitrogens with zero attached hydrogens (tertiary/aromatic N) is 1. The second kappa shape index (κ2) is 5.13. The number of nitrogens with one attached hydrogen (secondary N) is 2. The molecule has 0 unspecified atom stereocenters. The summed E-state index contributed by atoms with van der Waals surface area (Å²) in [6.07, 6.45) is 1.74. The van der Waals surface area contributed by atoms with E-state index in [1.54, 1.807) is 12.3 Å². The van der Waals surface area contributed by atoms with Gasteiger partial charge in [0, 0.05) is 18.0 Å². The zero-order valence-corrected chi connectivity index (χ0v) is 9.42. The van der Waals surface area contributed by atoms with Crippen molar-refractivity contribution in [2.75, 3.05) is 0 Å². The number of carbonyl (C=O) groups excluding carboxylic acids is 1. The maximum Gasteiger partial charge on any atom is 0.282 e. The minimum atomic E-state index is -0.566. The van der Waals surface area contributed by atoms with E-state index >= 15 is 0 Å². The van der Waals surface area contributed by atoms with Crippen LogP contribution in [0.2, 0.25) is 0 Å². The van der Waals surface area contributed by atoms with Gasteiger partial charge in [0.15, 0.2) is 0 Å². The lowest BCUT2D eigenvalue weighted by Crippen LogP contribution is -2.23. The third-order valence-corrected chi connectivity index (χ3v) is 2.45. The minimum Gasteiger partial charge on any atom is -0.364 e. The average molecular weight is 245 g/mol. The standard InChI is InChI=1S/C12H11N3O3/c16-12(14-8-9-4-3-7-13-9)10-5-1-2-6-11(10)15(17)18/h1-7,13H,8H2,(H,14,16). The Morgan fingerprint density at radius 1 is 1.28 bits per heavy atom. The minimum absolute atomic E-state index is 0.0639. The van der Waals surface area contributed by atoms with Gasteiger partial charge in [-0.2, -0.15) is 0 Å². The number of nitro groups is 1. The largest absolute Gasteiger partial charge is 0.364 e. The molecule has 1 aromatic heterocycles. The Morgan fingerprint density at radius 2 is 2.06 bits per heavy atom. The molecule has 2 aromatic rings. The van der Waals surface area contributed by atoms with Gasteiger partial charge in [0.25, 0.3) is 11.6 Å². The Hall–Kier alpha value is -2.63. The van der Waals surface area contributed by atoms with Crippen LogP contribution in [0.15, 0.2) is 42.6 Å². The molecule has 0 aliphatic heterocycles. The van der Waals surface area contributed by atoms with Crippen molar-refractivity contribution in [2.24, 2.45) is 0 Å². The first-order valence-electron chi connectivity index (χ1n) is 5.32. The lowest BCUT2D eigenvalue weighted by atomic mass is 10.1. The fourth-order valence-electron chi connectivity index (χ4n) is 1.57. The van der Waals surface area contributed by atoms with Crippen LogP contribution in [-0.2, 0) is 6.54 Å². The van der Waals surface area contributed by atoms with Gasteiger partial charge in [-0.3, -0.25) is 14.9 Å². The fraction of sp³-hybridized carbons (Fsp3) is 0.0833. The van der Waals surface area contributed by atoms with Crippen LogP contribution in [0, 0.1) is 10.1 Å². The maximum atomic E-state index is 11.8. The third-order valence-electron chi connectivity index (χ3n) is 2.45. The van der Waals surface area contributed by atoms with Crippen LogP contribution < -0.4 is 5.32 Å². The summed E-state index contributed by atoms with van der Waals surface area (Å²) in [5.41, 5.74) is 0.706. The number of para-hydroxylation sites is 1. The average Bonchev–Trinajstić information content (AvgIpc) is 2.89. The zero-order chi connectivity index (χ0) is 13.0. The molecule has 0 aliphatic rings. The molecule has 0 fully saturated rings. The van der Waals surface area contributed by atoms with E-state index in [0.717, 1.165) is 5.69 Å². The first kappa shape index (κ1) is 11.8. The lowest BCUT2D eigenvalue weighted by Gasteiger charge is -2.04. The first-order chi connectivity index (χ1) is 8.68. The van der Waals surface area contributed by atoms with E-state index in [0.29, 0.717) is 6.54 Å². The molecule has 0 spiro atoms. The van der Waals surface area contributed by atoms with Crippen molar-refractivity contribution in [3.63, 3.8) is 0 Å². The molecule has 18 heavy (non-hydrogen) atoms. The molecule has 0 radical (unpaired) electrons. The quantitative estimate of drug-likeness (QED) is 0.636. The third kappa shape index (κ3) is 2.54. The van der Waals surface area contributed by atoms with Crippen molar-refractivity contribution in [1.82, 2.24) is 10.3 Å². The molecule has 1 heterocycles. The maximum absolute atomic E-state index is 11.8. The normalized spacial score (nSPS) is 10.0. The second-order valence-corrected chi connectivity index (χ2v) is 3.65.